The molecule has 0 heterocycles. The summed E-state index contributed by atoms with van der Waals surface area (Å²) in [4.78, 5) is 0. The van der Waals surface area contributed by atoms with E-state index in [2.05, 4.69) is 67.8 Å². The lowest BCUT2D eigenvalue weighted by Gasteiger charge is -2.77. The lowest BCUT2D eigenvalue weighted by Crippen LogP contribution is -2.75. The highest BCUT2D eigenvalue weighted by Crippen LogP contribution is 2.78. The van der Waals surface area contributed by atoms with Crippen LogP contribution in [0.15, 0.2) is 12.2 Å². The zero-order chi connectivity index (χ0) is 17.4. The van der Waals surface area contributed by atoms with Gasteiger partial charge in [-0.1, -0.05) is 73.3 Å². The van der Waals surface area contributed by atoms with E-state index in [0.717, 1.165) is 12.8 Å². The lowest BCUT2D eigenvalue weighted by atomic mass is 9.30. The zero-order valence-electron chi connectivity index (χ0n) is 16.4. The molecule has 1 nitrogen and oxygen atoms in total. The van der Waals surface area contributed by atoms with Crippen LogP contribution in [0.2, 0.25) is 25.7 Å². The molecule has 3 aliphatic carbocycles. The third-order valence-electron chi connectivity index (χ3n) is 6.56. The van der Waals surface area contributed by atoms with Crippen molar-refractivity contribution in [3.05, 3.63) is 12.2 Å². The fourth-order valence-corrected chi connectivity index (χ4v) is 8.75. The summed E-state index contributed by atoms with van der Waals surface area (Å²) < 4.78 is 0. The van der Waals surface area contributed by atoms with Crippen LogP contribution in [0.4, 0.5) is 0 Å². The Morgan fingerprint density at radius 3 is 2.09 bits per heavy atom. The van der Waals surface area contributed by atoms with Gasteiger partial charge in [-0.15, -0.1) is 0 Å². The maximum Gasteiger partial charge on any atom is 0.0743 e. The maximum absolute atomic E-state index is 11.8. The van der Waals surface area contributed by atoms with Gasteiger partial charge < -0.3 is 5.11 Å². The van der Waals surface area contributed by atoms with Crippen molar-refractivity contribution >= 4 is 8.07 Å². The van der Waals surface area contributed by atoms with Crippen molar-refractivity contribution in [2.24, 2.45) is 28.1 Å². The number of hydrogen-bond donors (Lipinski definition) is 1. The average molecular weight is 323 g/mol. The Kier molecular flexibility index (Phi) is 3.92. The summed E-state index contributed by atoms with van der Waals surface area (Å²) in [5.74, 6) is 1.11. The predicted octanol–water partition coefficient (Wildman–Crippen LogP) is 5.73. The summed E-state index contributed by atoms with van der Waals surface area (Å²) in [5, 5.41) is 11.8. The van der Waals surface area contributed by atoms with Gasteiger partial charge >= 0.3 is 0 Å². The van der Waals surface area contributed by atoms with E-state index in [1.54, 1.807) is 0 Å². The molecule has 0 saturated heterocycles. The van der Waals surface area contributed by atoms with Crippen molar-refractivity contribution in [1.29, 1.82) is 0 Å². The molecule has 3 rings (SSSR count). The van der Waals surface area contributed by atoms with Gasteiger partial charge in [0.2, 0.25) is 0 Å². The highest BCUT2D eigenvalue weighted by atomic mass is 28.3. The third-order valence-corrected chi connectivity index (χ3v) is 8.18. The molecule has 0 unspecified atom stereocenters. The molecular formula is C20H38OSi. The SMILES string of the molecule is C=C1[C@@H]2[C@H](C(C)(C)C)[C@@]1(C[Si](C)(C)C)[C@@](O)(CC)CC2(C)C. The number of rotatable bonds is 3. The fourth-order valence-electron chi connectivity index (χ4n) is 6.30. The van der Waals surface area contributed by atoms with Crippen molar-refractivity contribution in [2.75, 3.05) is 0 Å². The zero-order valence-corrected chi connectivity index (χ0v) is 17.4. The van der Waals surface area contributed by atoms with Gasteiger partial charge in [0, 0.05) is 13.5 Å². The normalized spacial score (nSPS) is 41.3. The first-order chi connectivity index (χ1) is 9.62. The van der Waals surface area contributed by atoms with Crippen LogP contribution in [0, 0.1) is 28.1 Å². The minimum atomic E-state index is -1.31. The molecule has 0 aromatic heterocycles. The van der Waals surface area contributed by atoms with Crippen LogP contribution < -0.4 is 0 Å². The van der Waals surface area contributed by atoms with Gasteiger partial charge in [-0.05, 0) is 41.6 Å². The second-order valence-corrected chi connectivity index (χ2v) is 16.6. The summed E-state index contributed by atoms with van der Waals surface area (Å²) in [6.07, 6.45) is 1.77. The van der Waals surface area contributed by atoms with Crippen molar-refractivity contribution < 1.29 is 5.11 Å². The van der Waals surface area contributed by atoms with Gasteiger partial charge in [-0.3, -0.25) is 0 Å². The molecule has 0 aromatic rings. The average Bonchev–Trinajstić information content (AvgIpc) is 2.26. The van der Waals surface area contributed by atoms with E-state index in [0.29, 0.717) is 11.8 Å². The van der Waals surface area contributed by atoms with Crippen LogP contribution in [-0.2, 0) is 0 Å². The Hall–Kier alpha value is -0.0831. The number of fused-ring (bicyclic) bond motifs is 2. The summed E-state index contributed by atoms with van der Waals surface area (Å²) >= 11 is 0. The molecule has 3 saturated carbocycles. The van der Waals surface area contributed by atoms with E-state index >= 15 is 0 Å². The van der Waals surface area contributed by atoms with Gasteiger partial charge in [-0.25, -0.2) is 0 Å². The minimum Gasteiger partial charge on any atom is -0.389 e. The monoisotopic (exact) mass is 322 g/mol. The van der Waals surface area contributed by atoms with Crippen LogP contribution in [-0.4, -0.2) is 18.8 Å². The Labute approximate surface area is 139 Å². The summed E-state index contributed by atoms with van der Waals surface area (Å²) in [6.45, 7) is 25.9. The van der Waals surface area contributed by atoms with E-state index in [-0.39, 0.29) is 16.2 Å². The third kappa shape index (κ3) is 2.28. The molecule has 0 radical (unpaired) electrons. The molecular weight excluding hydrogens is 284 g/mol. The van der Waals surface area contributed by atoms with Crippen LogP contribution in [0.5, 0.6) is 0 Å². The molecule has 2 bridgehead atoms. The number of hydrogen-bond acceptors (Lipinski definition) is 1. The summed E-state index contributed by atoms with van der Waals surface area (Å²) in [6, 6.07) is 1.18. The van der Waals surface area contributed by atoms with E-state index in [9.17, 15) is 5.11 Å². The molecule has 2 heteroatoms. The smallest absolute Gasteiger partial charge is 0.0743 e. The second kappa shape index (κ2) is 4.72. The fraction of sp³-hybridized carbons (Fsp3) is 0.900. The predicted molar refractivity (Wildman–Crippen MR) is 99.8 cm³/mol. The largest absolute Gasteiger partial charge is 0.389 e. The first kappa shape index (κ1) is 18.3. The highest BCUT2D eigenvalue weighted by Gasteiger charge is 2.75. The van der Waals surface area contributed by atoms with Crippen molar-refractivity contribution in [3.63, 3.8) is 0 Å². The van der Waals surface area contributed by atoms with E-state index < -0.39 is 13.7 Å². The standard InChI is InChI=1S/C20H38OSi/c1-11-19(21)12-18(6,7)15-14(2)20(19,13-22(8,9)10)16(15)17(3,4)5/h15-16,21H,2,11-13H2,1,3-10H3/t15-,16-,19-,20+/m1/s1. The Bertz CT molecular complexity index is 479. The molecule has 0 spiro atoms. The quantitative estimate of drug-likeness (QED) is 0.519. The molecule has 0 aromatic carbocycles. The topological polar surface area (TPSA) is 20.2 Å². The Morgan fingerprint density at radius 1 is 1.23 bits per heavy atom. The van der Waals surface area contributed by atoms with Crippen LogP contribution in [0.25, 0.3) is 0 Å². The molecule has 128 valence electrons. The van der Waals surface area contributed by atoms with Gasteiger partial charge in [0.15, 0.2) is 0 Å². The van der Waals surface area contributed by atoms with Crippen molar-refractivity contribution in [1.82, 2.24) is 0 Å². The minimum absolute atomic E-state index is 0.0509. The summed E-state index contributed by atoms with van der Waals surface area (Å²) in [7, 11) is -1.31. The molecule has 4 atom stereocenters. The molecule has 3 fully saturated rings. The highest BCUT2D eigenvalue weighted by molar-refractivity contribution is 6.76. The number of aliphatic hydroxyl groups is 1. The lowest BCUT2D eigenvalue weighted by molar-refractivity contribution is -0.251. The molecule has 0 amide bonds. The van der Waals surface area contributed by atoms with E-state index in [1.807, 2.05) is 0 Å². The van der Waals surface area contributed by atoms with E-state index in [4.69, 9.17) is 0 Å². The Balaban J connectivity index is 2.65. The van der Waals surface area contributed by atoms with Gasteiger partial charge in [0.25, 0.3) is 0 Å². The molecule has 0 aliphatic heterocycles. The van der Waals surface area contributed by atoms with Gasteiger partial charge in [0.05, 0.1) is 5.60 Å². The van der Waals surface area contributed by atoms with Crippen LogP contribution in [0.1, 0.15) is 54.4 Å². The van der Waals surface area contributed by atoms with Gasteiger partial charge in [-0.2, -0.15) is 0 Å². The Morgan fingerprint density at radius 2 is 1.73 bits per heavy atom. The van der Waals surface area contributed by atoms with E-state index in [1.165, 1.54) is 11.6 Å². The second-order valence-electron chi connectivity index (χ2n) is 11.1. The summed E-state index contributed by atoms with van der Waals surface area (Å²) in [5.41, 5.74) is 1.11. The van der Waals surface area contributed by atoms with Crippen molar-refractivity contribution in [2.45, 2.75) is 85.7 Å². The molecule has 1 N–H and O–H groups in total. The van der Waals surface area contributed by atoms with Crippen molar-refractivity contribution in [3.8, 4) is 0 Å². The first-order valence-electron chi connectivity index (χ1n) is 9.04. The first-order valence-corrected chi connectivity index (χ1v) is 12.7. The van der Waals surface area contributed by atoms with Gasteiger partial charge in [0.1, 0.15) is 0 Å². The van der Waals surface area contributed by atoms with Crippen LogP contribution in [0.3, 0.4) is 0 Å². The van der Waals surface area contributed by atoms with Crippen LogP contribution >= 0.6 is 0 Å². The maximum atomic E-state index is 11.8. The molecule has 3 aliphatic rings. The molecule has 22 heavy (non-hydrogen) atoms.